The number of carbonyl (C=O) groups excluding carboxylic acids is 2. The highest BCUT2D eigenvalue weighted by Crippen LogP contribution is 2.43. The minimum absolute atomic E-state index is 0.0859. The second-order valence-corrected chi connectivity index (χ2v) is 7.35. The second-order valence-electron chi connectivity index (χ2n) is 7.35. The van der Waals surface area contributed by atoms with Gasteiger partial charge in [0.1, 0.15) is 16.9 Å². The van der Waals surface area contributed by atoms with Gasteiger partial charge in [0.2, 0.25) is 0 Å². The first-order valence-electron chi connectivity index (χ1n) is 8.70. The lowest BCUT2D eigenvalue weighted by molar-refractivity contribution is -0.127. The molecular formula is C20H30O5. The average Bonchev–Trinajstić information content (AvgIpc) is 2.71. The minimum atomic E-state index is -1.75. The Morgan fingerprint density at radius 1 is 1.24 bits per heavy atom. The van der Waals surface area contributed by atoms with Crippen LogP contribution in [-0.2, 0) is 9.59 Å². The summed E-state index contributed by atoms with van der Waals surface area (Å²) in [6, 6.07) is 0. The van der Waals surface area contributed by atoms with Crippen molar-refractivity contribution in [2.75, 3.05) is 6.61 Å². The van der Waals surface area contributed by atoms with Gasteiger partial charge in [-0.25, -0.2) is 0 Å². The molecule has 0 aromatic carbocycles. The van der Waals surface area contributed by atoms with Crippen LogP contribution in [0.3, 0.4) is 0 Å². The molecule has 0 fully saturated rings. The molecule has 3 N–H and O–H groups in total. The molecular weight excluding hydrogens is 320 g/mol. The quantitative estimate of drug-likeness (QED) is 0.462. The van der Waals surface area contributed by atoms with Crippen molar-refractivity contribution >= 4 is 11.6 Å². The fraction of sp³-hybridized carbons (Fsp3) is 0.600. The van der Waals surface area contributed by atoms with Gasteiger partial charge in [-0.2, -0.15) is 0 Å². The van der Waals surface area contributed by atoms with Crippen molar-refractivity contribution in [3.63, 3.8) is 0 Å². The molecule has 25 heavy (non-hydrogen) atoms. The Balaban J connectivity index is 3.25. The number of rotatable bonds is 8. The molecule has 0 aromatic rings. The van der Waals surface area contributed by atoms with Gasteiger partial charge in [0, 0.05) is 5.92 Å². The van der Waals surface area contributed by atoms with Gasteiger partial charge in [-0.3, -0.25) is 9.59 Å². The van der Waals surface area contributed by atoms with Crippen LogP contribution >= 0.6 is 0 Å². The summed E-state index contributed by atoms with van der Waals surface area (Å²) in [5.41, 5.74) is -0.271. The van der Waals surface area contributed by atoms with Crippen LogP contribution in [-0.4, -0.2) is 39.1 Å². The second kappa shape index (κ2) is 8.59. The molecule has 0 saturated heterocycles. The standard InChI is InChI=1S/C20H30O5/c1-12(2)8-9-15-18(23)16(17(22)13(3)4)19(24)20(15,25)10-6-7-14(5)11-21/h7-8,13,15,21,24-25H,6,9-11H2,1-5H3/b14-7+/t15-,20+/m0/s1. The summed E-state index contributed by atoms with van der Waals surface area (Å²) in [7, 11) is 0. The summed E-state index contributed by atoms with van der Waals surface area (Å²) in [6.07, 6.45) is 4.35. The molecule has 0 aromatic heterocycles. The largest absolute Gasteiger partial charge is 0.508 e. The Hall–Kier alpha value is -1.72. The summed E-state index contributed by atoms with van der Waals surface area (Å²) in [5.74, 6) is -2.74. The fourth-order valence-corrected chi connectivity index (χ4v) is 2.97. The van der Waals surface area contributed by atoms with Crippen molar-refractivity contribution in [2.45, 2.75) is 59.5 Å². The Labute approximate surface area is 149 Å². The number of aliphatic hydroxyl groups is 3. The van der Waals surface area contributed by atoms with Crippen molar-refractivity contribution in [1.82, 2.24) is 0 Å². The Morgan fingerprint density at radius 3 is 2.32 bits per heavy atom. The number of hydrogen-bond donors (Lipinski definition) is 3. The van der Waals surface area contributed by atoms with E-state index in [0.29, 0.717) is 6.42 Å². The van der Waals surface area contributed by atoms with Crippen LogP contribution in [0.1, 0.15) is 53.9 Å². The fourth-order valence-electron chi connectivity index (χ4n) is 2.97. The molecule has 0 spiro atoms. The highest BCUT2D eigenvalue weighted by Gasteiger charge is 2.54. The number of Topliss-reactive ketones (excluding diaryl/α,β-unsaturated/α-hetero) is 2. The third-order valence-electron chi connectivity index (χ3n) is 4.59. The van der Waals surface area contributed by atoms with E-state index in [2.05, 4.69) is 0 Å². The van der Waals surface area contributed by atoms with Gasteiger partial charge < -0.3 is 15.3 Å². The Kier molecular flexibility index (Phi) is 7.32. The van der Waals surface area contributed by atoms with E-state index in [9.17, 15) is 19.8 Å². The number of carbonyl (C=O) groups is 2. The molecule has 0 aliphatic heterocycles. The van der Waals surface area contributed by atoms with Crippen molar-refractivity contribution in [3.05, 3.63) is 34.6 Å². The lowest BCUT2D eigenvalue weighted by Gasteiger charge is -2.28. The summed E-state index contributed by atoms with van der Waals surface area (Å²) < 4.78 is 0. The molecule has 0 bridgehead atoms. The SMILES string of the molecule is CC(C)=CC[C@H]1C(=O)C(C(=O)C(C)C)=C(O)[C@@]1(O)CC/C=C(\C)CO. The van der Waals surface area contributed by atoms with Gasteiger partial charge in [0.25, 0.3) is 0 Å². The first-order chi connectivity index (χ1) is 11.6. The molecule has 5 nitrogen and oxygen atoms in total. The van der Waals surface area contributed by atoms with Gasteiger partial charge >= 0.3 is 0 Å². The van der Waals surface area contributed by atoms with E-state index in [4.69, 9.17) is 5.11 Å². The molecule has 0 saturated carbocycles. The topological polar surface area (TPSA) is 94.8 Å². The maximum Gasteiger partial charge on any atom is 0.176 e. The molecule has 1 aliphatic rings. The molecule has 140 valence electrons. The average molecular weight is 350 g/mol. The molecule has 5 heteroatoms. The maximum absolute atomic E-state index is 12.8. The number of ketones is 2. The van der Waals surface area contributed by atoms with Gasteiger partial charge in [0.05, 0.1) is 12.5 Å². The maximum atomic E-state index is 12.8. The van der Waals surface area contributed by atoms with E-state index in [1.807, 2.05) is 19.9 Å². The number of aliphatic hydroxyl groups excluding tert-OH is 2. The van der Waals surface area contributed by atoms with E-state index in [-0.39, 0.29) is 25.0 Å². The van der Waals surface area contributed by atoms with Crippen molar-refractivity contribution in [3.8, 4) is 0 Å². The first-order valence-corrected chi connectivity index (χ1v) is 8.70. The molecule has 1 rings (SSSR count). The molecule has 1 aliphatic carbocycles. The summed E-state index contributed by atoms with van der Waals surface area (Å²) >= 11 is 0. The lowest BCUT2D eigenvalue weighted by Crippen LogP contribution is -2.38. The van der Waals surface area contributed by atoms with Crippen molar-refractivity contribution in [2.24, 2.45) is 11.8 Å². The molecule has 2 atom stereocenters. The van der Waals surface area contributed by atoms with Gasteiger partial charge in [0.15, 0.2) is 11.6 Å². The Bertz CT molecular complexity index is 620. The van der Waals surface area contributed by atoms with Gasteiger partial charge in [-0.05, 0) is 40.0 Å². The predicted octanol–water partition coefficient (Wildman–Crippen LogP) is 3.03. The summed E-state index contributed by atoms with van der Waals surface area (Å²) in [4.78, 5) is 25.1. The molecule has 0 amide bonds. The number of allylic oxidation sites excluding steroid dienone is 4. The zero-order chi connectivity index (χ0) is 19.4. The monoisotopic (exact) mass is 350 g/mol. The van der Waals surface area contributed by atoms with E-state index < -0.39 is 34.8 Å². The van der Waals surface area contributed by atoms with Crippen LogP contribution < -0.4 is 0 Å². The lowest BCUT2D eigenvalue weighted by atomic mass is 9.82. The molecule has 0 unspecified atom stereocenters. The number of hydrogen-bond acceptors (Lipinski definition) is 5. The van der Waals surface area contributed by atoms with Gasteiger partial charge in [-0.1, -0.05) is 37.1 Å². The molecule has 0 heterocycles. The van der Waals surface area contributed by atoms with E-state index in [1.165, 1.54) is 0 Å². The van der Waals surface area contributed by atoms with E-state index >= 15 is 0 Å². The normalized spacial score (nSPS) is 24.2. The van der Waals surface area contributed by atoms with Crippen molar-refractivity contribution in [1.29, 1.82) is 0 Å². The highest BCUT2D eigenvalue weighted by atomic mass is 16.3. The highest BCUT2D eigenvalue weighted by molar-refractivity contribution is 6.24. The third-order valence-corrected chi connectivity index (χ3v) is 4.59. The van der Waals surface area contributed by atoms with Crippen LogP contribution in [0.15, 0.2) is 34.6 Å². The smallest absolute Gasteiger partial charge is 0.176 e. The predicted molar refractivity (Wildman–Crippen MR) is 97.1 cm³/mol. The third kappa shape index (κ3) is 4.67. The van der Waals surface area contributed by atoms with Crippen LogP contribution in [0.25, 0.3) is 0 Å². The van der Waals surface area contributed by atoms with Crippen LogP contribution in [0.2, 0.25) is 0 Å². The van der Waals surface area contributed by atoms with E-state index in [0.717, 1.165) is 11.1 Å². The van der Waals surface area contributed by atoms with Crippen LogP contribution in [0.5, 0.6) is 0 Å². The van der Waals surface area contributed by atoms with Crippen LogP contribution in [0, 0.1) is 11.8 Å². The summed E-state index contributed by atoms with van der Waals surface area (Å²) in [5, 5.41) is 30.7. The summed E-state index contributed by atoms with van der Waals surface area (Å²) in [6.45, 7) is 8.77. The minimum Gasteiger partial charge on any atom is -0.508 e. The van der Waals surface area contributed by atoms with Crippen molar-refractivity contribution < 1.29 is 24.9 Å². The first kappa shape index (κ1) is 21.3. The Morgan fingerprint density at radius 2 is 1.84 bits per heavy atom. The van der Waals surface area contributed by atoms with E-state index in [1.54, 1.807) is 26.8 Å². The molecule has 0 radical (unpaired) electrons. The van der Waals surface area contributed by atoms with Gasteiger partial charge in [-0.15, -0.1) is 0 Å². The zero-order valence-corrected chi connectivity index (χ0v) is 15.8. The zero-order valence-electron chi connectivity index (χ0n) is 15.8. The van der Waals surface area contributed by atoms with Crippen LogP contribution in [0.4, 0.5) is 0 Å².